The van der Waals surface area contributed by atoms with E-state index in [2.05, 4.69) is 0 Å². The van der Waals surface area contributed by atoms with Crippen molar-refractivity contribution in [2.45, 2.75) is 33.2 Å². The van der Waals surface area contributed by atoms with E-state index in [0.717, 1.165) is 0 Å². The van der Waals surface area contributed by atoms with Crippen LogP contribution < -0.4 is 5.73 Å². The van der Waals surface area contributed by atoms with Gasteiger partial charge in [-0.2, -0.15) is 0 Å². The van der Waals surface area contributed by atoms with E-state index in [-0.39, 0.29) is 23.7 Å². The van der Waals surface area contributed by atoms with Gasteiger partial charge in [0.25, 0.3) is 0 Å². The fraction of sp³-hybridized carbons (Fsp3) is 0.846. The Morgan fingerprint density at radius 3 is 2.39 bits per heavy atom. The summed E-state index contributed by atoms with van der Waals surface area (Å²) in [4.78, 5) is 28.0. The number of nitrogens with zero attached hydrogens (tertiary/aromatic N) is 2. The van der Waals surface area contributed by atoms with Crippen molar-refractivity contribution in [2.75, 3.05) is 26.7 Å². The molecule has 0 saturated carbocycles. The molecule has 1 atom stereocenters. The Labute approximate surface area is 109 Å². The number of piperazine rings is 1. The molecule has 0 spiro atoms. The van der Waals surface area contributed by atoms with Gasteiger partial charge in [-0.25, -0.2) is 0 Å². The molecule has 0 radical (unpaired) electrons. The third-order valence-electron chi connectivity index (χ3n) is 3.85. The van der Waals surface area contributed by atoms with Crippen molar-refractivity contribution in [1.82, 2.24) is 9.80 Å². The predicted molar refractivity (Wildman–Crippen MR) is 70.8 cm³/mol. The molecule has 5 nitrogen and oxygen atoms in total. The van der Waals surface area contributed by atoms with Gasteiger partial charge in [-0.15, -0.1) is 0 Å². The minimum Gasteiger partial charge on any atom is -0.342 e. The number of nitrogens with two attached hydrogens (primary N) is 1. The first-order valence-corrected chi connectivity index (χ1v) is 6.50. The van der Waals surface area contributed by atoms with Crippen molar-refractivity contribution >= 4 is 11.8 Å². The van der Waals surface area contributed by atoms with Gasteiger partial charge in [0.1, 0.15) is 5.54 Å². The fourth-order valence-electron chi connectivity index (χ4n) is 2.46. The molecule has 2 N–H and O–H groups in total. The van der Waals surface area contributed by atoms with E-state index >= 15 is 0 Å². The maximum absolute atomic E-state index is 12.5. The van der Waals surface area contributed by atoms with Crippen LogP contribution in [-0.4, -0.2) is 53.8 Å². The van der Waals surface area contributed by atoms with Crippen molar-refractivity contribution in [3.63, 3.8) is 0 Å². The monoisotopic (exact) mass is 255 g/mol. The maximum Gasteiger partial charge on any atom is 0.247 e. The van der Waals surface area contributed by atoms with Gasteiger partial charge >= 0.3 is 0 Å². The minimum atomic E-state index is -0.771. The first-order valence-electron chi connectivity index (χ1n) is 6.50. The van der Waals surface area contributed by atoms with Gasteiger partial charge in [0.2, 0.25) is 11.8 Å². The molecule has 0 aliphatic carbocycles. The molecule has 0 aromatic heterocycles. The Hall–Kier alpha value is -1.10. The third-order valence-corrected chi connectivity index (χ3v) is 3.85. The highest BCUT2D eigenvalue weighted by atomic mass is 16.2. The lowest BCUT2D eigenvalue weighted by molar-refractivity contribution is -0.160. The average molecular weight is 255 g/mol. The normalized spacial score (nSPS) is 21.4. The second-order valence-corrected chi connectivity index (χ2v) is 5.86. The summed E-state index contributed by atoms with van der Waals surface area (Å²) in [6.45, 7) is 9.07. The molecule has 0 bridgehead atoms. The van der Waals surface area contributed by atoms with Crippen LogP contribution in [0.2, 0.25) is 0 Å². The van der Waals surface area contributed by atoms with Gasteiger partial charge in [0.15, 0.2) is 0 Å². The molecule has 0 aromatic carbocycles. The number of likely N-dealkylation sites (N-methyl/N-ethyl adjacent to an activating group) is 1. The van der Waals surface area contributed by atoms with Crippen LogP contribution in [0, 0.1) is 11.8 Å². The van der Waals surface area contributed by atoms with Crippen LogP contribution in [0.25, 0.3) is 0 Å². The van der Waals surface area contributed by atoms with Gasteiger partial charge in [-0.3, -0.25) is 9.59 Å². The predicted octanol–water partition coefficient (Wildman–Crippen LogP) is 0.297. The van der Waals surface area contributed by atoms with Gasteiger partial charge in [0.05, 0.1) is 5.92 Å². The molecule has 1 heterocycles. The number of rotatable bonds is 3. The van der Waals surface area contributed by atoms with Crippen LogP contribution in [0.15, 0.2) is 0 Å². The summed E-state index contributed by atoms with van der Waals surface area (Å²) in [5.74, 6) is -0.0332. The van der Waals surface area contributed by atoms with E-state index in [0.29, 0.717) is 19.6 Å². The van der Waals surface area contributed by atoms with Crippen LogP contribution in [-0.2, 0) is 9.59 Å². The van der Waals surface area contributed by atoms with Crippen LogP contribution in [0.3, 0.4) is 0 Å². The SMILES string of the molecule is CC(C)C(CN)C(=O)N1CCN(C)C(=O)C1(C)C. The molecular formula is C13H25N3O2. The Kier molecular flexibility index (Phi) is 4.37. The van der Waals surface area contributed by atoms with E-state index in [1.165, 1.54) is 0 Å². The van der Waals surface area contributed by atoms with E-state index in [4.69, 9.17) is 5.73 Å². The summed E-state index contributed by atoms with van der Waals surface area (Å²) < 4.78 is 0. The smallest absolute Gasteiger partial charge is 0.247 e. The van der Waals surface area contributed by atoms with Crippen LogP contribution in [0.5, 0.6) is 0 Å². The quantitative estimate of drug-likeness (QED) is 0.788. The second-order valence-electron chi connectivity index (χ2n) is 5.86. The Morgan fingerprint density at radius 1 is 1.39 bits per heavy atom. The largest absolute Gasteiger partial charge is 0.342 e. The van der Waals surface area contributed by atoms with Gasteiger partial charge in [-0.05, 0) is 19.8 Å². The molecule has 1 unspecified atom stereocenters. The topological polar surface area (TPSA) is 66.6 Å². The lowest BCUT2D eigenvalue weighted by atomic mass is 9.90. The highest BCUT2D eigenvalue weighted by Crippen LogP contribution is 2.25. The molecule has 0 aromatic rings. The highest BCUT2D eigenvalue weighted by molar-refractivity contribution is 5.92. The number of carbonyl (C=O) groups is 2. The lowest BCUT2D eigenvalue weighted by Crippen LogP contribution is -2.65. The molecule has 1 aliphatic heterocycles. The summed E-state index contributed by atoms with van der Waals surface area (Å²) in [5, 5.41) is 0. The first-order chi connectivity index (χ1) is 8.23. The van der Waals surface area contributed by atoms with E-state index in [1.807, 2.05) is 13.8 Å². The molecule has 2 amide bonds. The Balaban J connectivity index is 2.95. The van der Waals surface area contributed by atoms with Gasteiger partial charge in [0, 0.05) is 26.7 Å². The number of amides is 2. The van der Waals surface area contributed by atoms with E-state index < -0.39 is 5.54 Å². The van der Waals surface area contributed by atoms with Crippen molar-refractivity contribution < 1.29 is 9.59 Å². The zero-order chi connectivity index (χ0) is 14.1. The number of carbonyl (C=O) groups excluding carboxylic acids is 2. The van der Waals surface area contributed by atoms with Crippen LogP contribution >= 0.6 is 0 Å². The first kappa shape index (κ1) is 15.0. The van der Waals surface area contributed by atoms with Gasteiger partial charge in [-0.1, -0.05) is 13.8 Å². The highest BCUT2D eigenvalue weighted by Gasteiger charge is 2.44. The second kappa shape index (κ2) is 5.26. The van der Waals surface area contributed by atoms with Gasteiger partial charge < -0.3 is 15.5 Å². The Morgan fingerprint density at radius 2 is 1.94 bits per heavy atom. The number of hydrogen-bond donors (Lipinski definition) is 1. The van der Waals surface area contributed by atoms with Crippen molar-refractivity contribution in [1.29, 1.82) is 0 Å². The molecule has 1 fully saturated rings. The maximum atomic E-state index is 12.5. The van der Waals surface area contributed by atoms with Crippen molar-refractivity contribution in [2.24, 2.45) is 17.6 Å². The zero-order valence-electron chi connectivity index (χ0n) is 12.1. The lowest BCUT2D eigenvalue weighted by Gasteiger charge is -2.46. The van der Waals surface area contributed by atoms with E-state index in [9.17, 15) is 9.59 Å². The summed E-state index contributed by atoms with van der Waals surface area (Å²) in [6, 6.07) is 0. The molecular weight excluding hydrogens is 230 g/mol. The summed E-state index contributed by atoms with van der Waals surface area (Å²) >= 11 is 0. The molecule has 104 valence electrons. The van der Waals surface area contributed by atoms with Crippen molar-refractivity contribution in [3.8, 4) is 0 Å². The number of hydrogen-bond acceptors (Lipinski definition) is 3. The molecule has 1 rings (SSSR count). The standard InChI is InChI=1S/C13H25N3O2/c1-9(2)10(8-14)11(17)16-7-6-15(5)12(18)13(16,3)4/h9-10H,6-8,14H2,1-5H3. The Bertz CT molecular complexity index is 339. The van der Waals surface area contributed by atoms with Crippen LogP contribution in [0.4, 0.5) is 0 Å². The third kappa shape index (κ3) is 2.51. The molecule has 1 saturated heterocycles. The summed E-state index contributed by atoms with van der Waals surface area (Å²) in [6.07, 6.45) is 0. The average Bonchev–Trinajstić information content (AvgIpc) is 2.26. The minimum absolute atomic E-state index is 0.000972. The van der Waals surface area contributed by atoms with E-state index in [1.54, 1.807) is 30.7 Å². The zero-order valence-corrected chi connectivity index (χ0v) is 12.1. The van der Waals surface area contributed by atoms with Crippen LogP contribution in [0.1, 0.15) is 27.7 Å². The molecule has 5 heteroatoms. The van der Waals surface area contributed by atoms with Crippen molar-refractivity contribution in [3.05, 3.63) is 0 Å². The fourth-order valence-corrected chi connectivity index (χ4v) is 2.46. The molecule has 1 aliphatic rings. The summed E-state index contributed by atoms with van der Waals surface area (Å²) in [7, 11) is 1.77. The summed E-state index contributed by atoms with van der Waals surface area (Å²) in [5.41, 5.74) is 4.92. The molecule has 18 heavy (non-hydrogen) atoms.